The van der Waals surface area contributed by atoms with E-state index in [0.29, 0.717) is 12.8 Å². The molecule has 0 N–H and O–H groups in total. The van der Waals surface area contributed by atoms with E-state index in [9.17, 15) is 14.4 Å². The molecule has 1 aromatic carbocycles. The number of esters is 1. The summed E-state index contributed by atoms with van der Waals surface area (Å²) in [7, 11) is 0. The number of nitrogens with zero attached hydrogens (tertiary/aromatic N) is 1. The minimum atomic E-state index is -0.635. The first-order valence-corrected chi connectivity index (χ1v) is 9.82. The third-order valence-corrected chi connectivity index (χ3v) is 4.45. The highest BCUT2D eigenvalue weighted by Gasteiger charge is 2.41. The Morgan fingerprint density at radius 2 is 1.86 bits per heavy atom. The first-order chi connectivity index (χ1) is 13.1. The summed E-state index contributed by atoms with van der Waals surface area (Å²) >= 11 is 0. The topological polar surface area (TPSA) is 72.9 Å². The van der Waals surface area contributed by atoms with Gasteiger partial charge in [-0.25, -0.2) is 9.69 Å². The van der Waals surface area contributed by atoms with Gasteiger partial charge in [-0.15, -0.1) is 0 Å². The van der Waals surface area contributed by atoms with E-state index in [1.54, 1.807) is 20.8 Å². The van der Waals surface area contributed by atoms with Crippen LogP contribution in [0.15, 0.2) is 30.3 Å². The number of ether oxygens (including phenoxy) is 2. The van der Waals surface area contributed by atoms with Crippen molar-refractivity contribution in [2.75, 3.05) is 6.61 Å². The van der Waals surface area contributed by atoms with E-state index in [1.165, 1.54) is 4.90 Å². The molecule has 1 heterocycles. The zero-order valence-electron chi connectivity index (χ0n) is 17.4. The molecule has 1 aromatic rings. The third kappa shape index (κ3) is 6.36. The van der Waals surface area contributed by atoms with Gasteiger partial charge in [0.05, 0.1) is 12.5 Å². The van der Waals surface area contributed by atoms with Gasteiger partial charge in [0.25, 0.3) is 0 Å². The zero-order chi connectivity index (χ0) is 20.9. The van der Waals surface area contributed by atoms with Gasteiger partial charge in [0.15, 0.2) is 0 Å². The monoisotopic (exact) mass is 389 g/mol. The summed E-state index contributed by atoms with van der Waals surface area (Å²) in [5, 5.41) is 0. The van der Waals surface area contributed by atoms with Crippen molar-refractivity contribution in [3.05, 3.63) is 35.9 Å². The average Bonchev–Trinajstić information content (AvgIpc) is 2.93. The second-order valence-electron chi connectivity index (χ2n) is 8.75. The highest BCUT2D eigenvalue weighted by Crippen LogP contribution is 2.26. The molecule has 28 heavy (non-hydrogen) atoms. The SMILES string of the molecule is CC(C)CC(CC(=O)OC(C)(C)C)C(=O)N1C(=O)OCC1Cc1ccccc1. The van der Waals surface area contributed by atoms with Crippen molar-refractivity contribution < 1.29 is 23.9 Å². The number of carbonyl (C=O) groups excluding carboxylic acids is 3. The van der Waals surface area contributed by atoms with Gasteiger partial charge in [0, 0.05) is 5.92 Å². The summed E-state index contributed by atoms with van der Waals surface area (Å²) < 4.78 is 10.5. The van der Waals surface area contributed by atoms with E-state index in [2.05, 4.69) is 0 Å². The van der Waals surface area contributed by atoms with Crippen molar-refractivity contribution in [1.82, 2.24) is 4.90 Å². The third-order valence-electron chi connectivity index (χ3n) is 4.45. The Bertz CT molecular complexity index is 693. The van der Waals surface area contributed by atoms with Crippen LogP contribution in [0.4, 0.5) is 4.79 Å². The maximum absolute atomic E-state index is 13.2. The smallest absolute Gasteiger partial charge is 0.416 e. The number of rotatable bonds is 7. The first kappa shape index (κ1) is 21.9. The molecule has 1 aliphatic heterocycles. The standard InChI is InChI=1S/C22H31NO5/c1-15(2)11-17(13-19(24)28-22(3,4)5)20(25)23-18(14-27-21(23)26)12-16-9-7-6-8-10-16/h6-10,15,17-18H,11-14H2,1-5H3. The number of cyclic esters (lactones) is 1. The lowest BCUT2D eigenvalue weighted by Crippen LogP contribution is -2.44. The van der Waals surface area contributed by atoms with Gasteiger partial charge in [-0.2, -0.15) is 0 Å². The molecule has 2 unspecified atom stereocenters. The summed E-state index contributed by atoms with van der Waals surface area (Å²) in [4.78, 5) is 39.0. The number of hydrogen-bond acceptors (Lipinski definition) is 5. The van der Waals surface area contributed by atoms with Gasteiger partial charge < -0.3 is 9.47 Å². The van der Waals surface area contributed by atoms with E-state index in [1.807, 2.05) is 44.2 Å². The number of amides is 2. The normalized spacial score (nSPS) is 18.1. The second kappa shape index (κ2) is 9.22. The second-order valence-corrected chi connectivity index (χ2v) is 8.75. The minimum Gasteiger partial charge on any atom is -0.460 e. The number of hydrogen-bond donors (Lipinski definition) is 0. The van der Waals surface area contributed by atoms with Crippen LogP contribution in [0, 0.1) is 11.8 Å². The maximum Gasteiger partial charge on any atom is 0.416 e. The summed E-state index contributed by atoms with van der Waals surface area (Å²) in [5.74, 6) is -1.21. The van der Waals surface area contributed by atoms with E-state index in [-0.39, 0.29) is 30.9 Å². The molecule has 0 aliphatic carbocycles. The van der Waals surface area contributed by atoms with Crippen LogP contribution in [-0.2, 0) is 25.5 Å². The summed E-state index contributed by atoms with van der Waals surface area (Å²) in [5.41, 5.74) is 0.404. The van der Waals surface area contributed by atoms with Crippen LogP contribution < -0.4 is 0 Å². The van der Waals surface area contributed by atoms with Crippen LogP contribution in [0.2, 0.25) is 0 Å². The highest BCUT2D eigenvalue weighted by molar-refractivity contribution is 5.96. The Balaban J connectivity index is 2.15. The summed E-state index contributed by atoms with van der Waals surface area (Å²) in [6.45, 7) is 9.51. The fourth-order valence-corrected chi connectivity index (χ4v) is 3.39. The predicted molar refractivity (Wildman–Crippen MR) is 106 cm³/mol. The molecule has 1 saturated heterocycles. The Labute approximate surface area is 167 Å². The van der Waals surface area contributed by atoms with Crippen LogP contribution in [0.25, 0.3) is 0 Å². The quantitative estimate of drug-likeness (QED) is 0.660. The minimum absolute atomic E-state index is 0.0455. The van der Waals surface area contributed by atoms with Crippen LogP contribution in [-0.4, -0.2) is 41.1 Å². The lowest BCUT2D eigenvalue weighted by atomic mass is 9.92. The van der Waals surface area contributed by atoms with Crippen LogP contribution >= 0.6 is 0 Å². The van der Waals surface area contributed by atoms with Crippen molar-refractivity contribution in [1.29, 1.82) is 0 Å². The van der Waals surface area contributed by atoms with Gasteiger partial charge in [-0.3, -0.25) is 9.59 Å². The van der Waals surface area contributed by atoms with Crippen molar-refractivity contribution in [3.63, 3.8) is 0 Å². The van der Waals surface area contributed by atoms with E-state index in [4.69, 9.17) is 9.47 Å². The molecule has 6 nitrogen and oxygen atoms in total. The zero-order valence-corrected chi connectivity index (χ0v) is 17.4. The Morgan fingerprint density at radius 3 is 2.43 bits per heavy atom. The van der Waals surface area contributed by atoms with Crippen molar-refractivity contribution >= 4 is 18.0 Å². The Hall–Kier alpha value is -2.37. The maximum atomic E-state index is 13.2. The fraction of sp³-hybridized carbons (Fsp3) is 0.591. The number of imide groups is 1. The first-order valence-electron chi connectivity index (χ1n) is 9.82. The van der Waals surface area contributed by atoms with Gasteiger partial charge in [-0.05, 0) is 45.1 Å². The summed E-state index contributed by atoms with van der Waals surface area (Å²) in [6.07, 6.45) is 0.346. The van der Waals surface area contributed by atoms with Crippen molar-refractivity contribution in [2.24, 2.45) is 11.8 Å². The lowest BCUT2D eigenvalue weighted by molar-refractivity contribution is -0.158. The molecular weight excluding hydrogens is 358 g/mol. The average molecular weight is 389 g/mol. The van der Waals surface area contributed by atoms with Crippen molar-refractivity contribution in [2.45, 2.75) is 65.5 Å². The number of benzene rings is 1. The lowest BCUT2D eigenvalue weighted by Gasteiger charge is -2.27. The van der Waals surface area contributed by atoms with E-state index < -0.39 is 23.6 Å². The fourth-order valence-electron chi connectivity index (χ4n) is 3.39. The van der Waals surface area contributed by atoms with Crippen LogP contribution in [0.3, 0.4) is 0 Å². The molecule has 2 amide bonds. The predicted octanol–water partition coefficient (Wildman–Crippen LogP) is 3.97. The Morgan fingerprint density at radius 1 is 1.21 bits per heavy atom. The molecule has 0 radical (unpaired) electrons. The largest absolute Gasteiger partial charge is 0.460 e. The van der Waals surface area contributed by atoms with E-state index >= 15 is 0 Å². The molecule has 154 valence electrons. The van der Waals surface area contributed by atoms with Crippen LogP contribution in [0.5, 0.6) is 0 Å². The Kier molecular flexibility index (Phi) is 7.22. The molecular formula is C22H31NO5. The van der Waals surface area contributed by atoms with Crippen molar-refractivity contribution in [3.8, 4) is 0 Å². The van der Waals surface area contributed by atoms with Gasteiger partial charge in [0.2, 0.25) is 5.91 Å². The molecule has 2 atom stereocenters. The molecule has 0 saturated carbocycles. The summed E-state index contributed by atoms with van der Waals surface area (Å²) in [6, 6.07) is 9.31. The molecule has 1 aliphatic rings. The molecule has 0 aromatic heterocycles. The van der Waals surface area contributed by atoms with Crippen LogP contribution in [0.1, 0.15) is 53.0 Å². The highest BCUT2D eigenvalue weighted by atomic mass is 16.6. The van der Waals surface area contributed by atoms with Gasteiger partial charge >= 0.3 is 12.1 Å². The van der Waals surface area contributed by atoms with E-state index in [0.717, 1.165) is 5.56 Å². The van der Waals surface area contributed by atoms with Gasteiger partial charge in [0.1, 0.15) is 12.2 Å². The van der Waals surface area contributed by atoms with Gasteiger partial charge in [-0.1, -0.05) is 44.2 Å². The molecule has 1 fully saturated rings. The molecule has 6 heteroatoms. The molecule has 2 rings (SSSR count). The number of carbonyl (C=O) groups is 3. The molecule has 0 spiro atoms. The molecule has 0 bridgehead atoms.